The molecule has 0 saturated heterocycles. The molecule has 4 fully saturated rings. The SMILES string of the molecule is CC12CC3(C)CC(C)(C1)CC([CH-]O)(C2)C3.[W]. The summed E-state index contributed by atoms with van der Waals surface area (Å²) in [6, 6.07) is 0. The normalized spacial score (nSPS) is 58.5. The predicted octanol–water partition coefficient (Wildman–Crippen LogP) is 3.90. The van der Waals surface area contributed by atoms with E-state index in [1.807, 2.05) is 0 Å². The Morgan fingerprint density at radius 2 is 1.06 bits per heavy atom. The van der Waals surface area contributed by atoms with Crippen molar-refractivity contribution in [1.29, 1.82) is 0 Å². The molecule has 4 rings (SSSR count). The van der Waals surface area contributed by atoms with Crippen LogP contribution in [0.15, 0.2) is 0 Å². The van der Waals surface area contributed by atoms with Crippen LogP contribution in [0.4, 0.5) is 0 Å². The zero-order valence-electron chi connectivity index (χ0n) is 10.7. The summed E-state index contributed by atoms with van der Waals surface area (Å²) in [7, 11) is 0. The molecule has 0 radical (unpaired) electrons. The van der Waals surface area contributed by atoms with Crippen molar-refractivity contribution in [3.05, 3.63) is 6.61 Å². The second-order valence-electron chi connectivity index (χ2n) is 7.98. The molecule has 0 atom stereocenters. The fourth-order valence-electron chi connectivity index (χ4n) is 6.53. The van der Waals surface area contributed by atoms with Crippen molar-refractivity contribution in [2.75, 3.05) is 0 Å². The molecule has 0 unspecified atom stereocenters. The van der Waals surface area contributed by atoms with Gasteiger partial charge in [0, 0.05) is 21.1 Å². The van der Waals surface area contributed by atoms with Gasteiger partial charge >= 0.3 is 0 Å². The molecule has 0 aliphatic heterocycles. The molecule has 4 saturated carbocycles. The van der Waals surface area contributed by atoms with Gasteiger partial charge in [0.05, 0.1) is 0 Å². The second kappa shape index (κ2) is 3.35. The zero-order valence-corrected chi connectivity index (χ0v) is 13.6. The molecule has 1 nitrogen and oxygen atoms in total. The molecule has 4 aliphatic rings. The third-order valence-electron chi connectivity index (χ3n) is 5.17. The Morgan fingerprint density at radius 3 is 1.31 bits per heavy atom. The van der Waals surface area contributed by atoms with Gasteiger partial charge in [-0.05, 0) is 35.5 Å². The number of aliphatic hydroxyl groups excluding tert-OH is 1. The van der Waals surface area contributed by atoms with E-state index in [1.165, 1.54) is 38.5 Å². The Balaban J connectivity index is 0.000000963. The topological polar surface area (TPSA) is 20.2 Å². The Morgan fingerprint density at radius 1 is 0.750 bits per heavy atom. The Labute approximate surface area is 114 Å². The van der Waals surface area contributed by atoms with E-state index in [2.05, 4.69) is 20.8 Å². The summed E-state index contributed by atoms with van der Waals surface area (Å²) >= 11 is 0. The average Bonchev–Trinajstić information content (AvgIpc) is 1.94. The van der Waals surface area contributed by atoms with E-state index in [-0.39, 0.29) is 26.5 Å². The molecule has 1 N–H and O–H groups in total. The Bertz CT molecular complexity index is 258. The summed E-state index contributed by atoms with van der Waals surface area (Å²) in [5.41, 5.74) is 1.65. The van der Waals surface area contributed by atoms with Crippen LogP contribution in [0.2, 0.25) is 0 Å². The molecule has 0 aromatic heterocycles. The third kappa shape index (κ3) is 1.74. The standard InChI is InChI=1S/C14H23O.W/c1-11-4-12(2)6-13(3,5-11)9-14(7-11,8-12)10-15;/h10,15H,4-9H2,1-3H3;/q-1;. The van der Waals surface area contributed by atoms with Crippen LogP contribution in [-0.2, 0) is 21.1 Å². The third-order valence-corrected chi connectivity index (χ3v) is 5.17. The molecule has 0 spiro atoms. The van der Waals surface area contributed by atoms with Gasteiger partial charge in [-0.15, -0.1) is 5.41 Å². The minimum Gasteiger partial charge on any atom is -0.565 e. The van der Waals surface area contributed by atoms with Crippen molar-refractivity contribution < 1.29 is 26.2 Å². The molecule has 0 aromatic rings. The van der Waals surface area contributed by atoms with Gasteiger partial charge in [-0.25, -0.2) is 6.61 Å². The summed E-state index contributed by atoms with van der Waals surface area (Å²) in [5, 5.41) is 9.65. The van der Waals surface area contributed by atoms with E-state index in [0.29, 0.717) is 16.2 Å². The summed E-state index contributed by atoms with van der Waals surface area (Å²) < 4.78 is 0. The smallest absolute Gasteiger partial charge is 0 e. The number of rotatable bonds is 1. The van der Waals surface area contributed by atoms with Gasteiger partial charge in [-0.1, -0.05) is 40.0 Å². The maximum Gasteiger partial charge on any atom is 0 e. The first-order valence-electron chi connectivity index (χ1n) is 6.29. The molecule has 2 heteroatoms. The van der Waals surface area contributed by atoms with Gasteiger partial charge < -0.3 is 5.11 Å². The molecular weight excluding hydrogens is 368 g/mol. The van der Waals surface area contributed by atoms with E-state index < -0.39 is 0 Å². The van der Waals surface area contributed by atoms with Crippen molar-refractivity contribution >= 4 is 0 Å². The van der Waals surface area contributed by atoms with E-state index >= 15 is 0 Å². The second-order valence-corrected chi connectivity index (χ2v) is 7.98. The van der Waals surface area contributed by atoms with Crippen molar-refractivity contribution in [2.45, 2.75) is 59.3 Å². The van der Waals surface area contributed by atoms with Gasteiger partial charge in [-0.3, -0.25) is 0 Å². The monoisotopic (exact) mass is 391 g/mol. The zero-order chi connectivity index (χ0) is 10.9. The molecular formula is C14H23OW-. The Kier molecular flexibility index (Phi) is 2.74. The van der Waals surface area contributed by atoms with Gasteiger partial charge in [0.1, 0.15) is 0 Å². The largest absolute Gasteiger partial charge is 0.565 e. The first-order chi connectivity index (χ1) is 6.80. The van der Waals surface area contributed by atoms with Crippen LogP contribution in [0, 0.1) is 28.3 Å². The van der Waals surface area contributed by atoms with Crippen molar-refractivity contribution in [1.82, 2.24) is 0 Å². The van der Waals surface area contributed by atoms with E-state index in [0.717, 1.165) is 0 Å². The number of hydrogen-bond acceptors (Lipinski definition) is 1. The minimum absolute atomic E-state index is 0. The first-order valence-corrected chi connectivity index (χ1v) is 6.29. The summed E-state index contributed by atoms with van der Waals surface area (Å²) in [6.45, 7) is 8.89. The Hall–Kier alpha value is 0.648. The molecule has 0 heterocycles. The van der Waals surface area contributed by atoms with Crippen molar-refractivity contribution in [3.63, 3.8) is 0 Å². The summed E-state index contributed by atoms with van der Waals surface area (Å²) in [4.78, 5) is 0. The molecule has 4 bridgehead atoms. The predicted molar refractivity (Wildman–Crippen MR) is 60.7 cm³/mol. The van der Waals surface area contributed by atoms with E-state index in [9.17, 15) is 5.11 Å². The maximum atomic E-state index is 9.65. The molecule has 92 valence electrons. The van der Waals surface area contributed by atoms with Crippen molar-refractivity contribution in [3.8, 4) is 0 Å². The fourth-order valence-corrected chi connectivity index (χ4v) is 6.53. The van der Waals surface area contributed by atoms with Crippen LogP contribution in [0.25, 0.3) is 0 Å². The van der Waals surface area contributed by atoms with Gasteiger partial charge in [0.2, 0.25) is 0 Å². The van der Waals surface area contributed by atoms with Gasteiger partial charge in [0.15, 0.2) is 0 Å². The molecule has 0 amide bonds. The van der Waals surface area contributed by atoms with Crippen LogP contribution in [0.5, 0.6) is 0 Å². The summed E-state index contributed by atoms with van der Waals surface area (Å²) in [5.74, 6) is 0. The first kappa shape index (κ1) is 13.1. The van der Waals surface area contributed by atoms with Crippen LogP contribution in [-0.4, -0.2) is 5.11 Å². The maximum absolute atomic E-state index is 9.65. The molecule has 16 heavy (non-hydrogen) atoms. The average molecular weight is 391 g/mol. The van der Waals surface area contributed by atoms with Crippen LogP contribution < -0.4 is 0 Å². The molecule has 4 aliphatic carbocycles. The van der Waals surface area contributed by atoms with Crippen LogP contribution >= 0.6 is 0 Å². The summed E-state index contributed by atoms with van der Waals surface area (Å²) in [6.07, 6.45) is 7.81. The number of hydrogen-bond donors (Lipinski definition) is 1. The van der Waals surface area contributed by atoms with Crippen LogP contribution in [0.1, 0.15) is 59.3 Å². The number of aliphatic hydroxyl groups is 1. The van der Waals surface area contributed by atoms with Gasteiger partial charge in [0.25, 0.3) is 0 Å². The molecule has 0 aromatic carbocycles. The van der Waals surface area contributed by atoms with E-state index in [1.54, 1.807) is 6.61 Å². The van der Waals surface area contributed by atoms with Crippen LogP contribution in [0.3, 0.4) is 0 Å². The minimum atomic E-state index is 0. The fraction of sp³-hybridized carbons (Fsp3) is 0.929. The van der Waals surface area contributed by atoms with Crippen molar-refractivity contribution in [2.24, 2.45) is 21.7 Å². The quantitative estimate of drug-likeness (QED) is 0.673. The van der Waals surface area contributed by atoms with Gasteiger partial charge in [-0.2, -0.15) is 0 Å². The van der Waals surface area contributed by atoms with E-state index in [4.69, 9.17) is 0 Å².